The second-order valence-corrected chi connectivity index (χ2v) is 6.74. The first-order valence-electron chi connectivity index (χ1n) is 8.94. The van der Waals surface area contributed by atoms with Gasteiger partial charge in [-0.2, -0.15) is 0 Å². The monoisotopic (exact) mass is 316 g/mol. The van der Waals surface area contributed by atoms with Crippen LogP contribution in [0.3, 0.4) is 0 Å². The van der Waals surface area contributed by atoms with Crippen molar-refractivity contribution in [1.29, 1.82) is 0 Å². The minimum Gasteiger partial charge on any atom is -0.372 e. The van der Waals surface area contributed by atoms with Crippen LogP contribution < -0.4 is 4.90 Å². The molecule has 1 saturated carbocycles. The quantitative estimate of drug-likeness (QED) is 0.837. The van der Waals surface area contributed by atoms with Gasteiger partial charge in [-0.25, -0.2) is 0 Å². The van der Waals surface area contributed by atoms with Crippen LogP contribution >= 0.6 is 0 Å². The number of nitrogens with zero attached hydrogens (tertiary/aromatic N) is 2. The van der Waals surface area contributed by atoms with E-state index in [0.29, 0.717) is 6.42 Å². The summed E-state index contributed by atoms with van der Waals surface area (Å²) < 4.78 is 6.06. The van der Waals surface area contributed by atoms with Crippen molar-refractivity contribution in [3.05, 3.63) is 30.3 Å². The van der Waals surface area contributed by atoms with Crippen molar-refractivity contribution in [3.8, 4) is 0 Å². The molecule has 4 nitrogen and oxygen atoms in total. The molecular weight excluding hydrogens is 288 g/mol. The fourth-order valence-corrected chi connectivity index (χ4v) is 3.94. The van der Waals surface area contributed by atoms with Crippen molar-refractivity contribution in [3.63, 3.8) is 0 Å². The highest BCUT2D eigenvalue weighted by Gasteiger charge is 2.39. The maximum Gasteiger partial charge on any atom is 0.228 e. The van der Waals surface area contributed by atoms with Crippen molar-refractivity contribution in [1.82, 2.24) is 4.90 Å². The molecule has 2 aliphatic rings. The number of para-hydroxylation sites is 1. The van der Waals surface area contributed by atoms with Crippen LogP contribution in [0.15, 0.2) is 30.3 Å². The van der Waals surface area contributed by atoms with Gasteiger partial charge in [-0.1, -0.05) is 31.0 Å². The van der Waals surface area contributed by atoms with E-state index in [1.807, 2.05) is 42.2 Å². The zero-order valence-electron chi connectivity index (χ0n) is 14.2. The first-order valence-corrected chi connectivity index (χ1v) is 8.94. The average molecular weight is 316 g/mol. The van der Waals surface area contributed by atoms with Crippen LogP contribution in [0, 0.1) is 0 Å². The number of carbonyl (C=O) groups excluding carboxylic acids is 1. The summed E-state index contributed by atoms with van der Waals surface area (Å²) in [6.07, 6.45) is 5.51. The smallest absolute Gasteiger partial charge is 0.228 e. The fourth-order valence-electron chi connectivity index (χ4n) is 3.94. The molecule has 23 heavy (non-hydrogen) atoms. The molecule has 1 saturated heterocycles. The molecule has 0 radical (unpaired) electrons. The SMILES string of the molecule is CCN(C(=O)CCN1CCOC2(CCCC2)C1)c1ccccc1. The molecule has 1 amide bonds. The predicted octanol–water partition coefficient (Wildman–Crippen LogP) is 3.07. The maximum absolute atomic E-state index is 12.6. The molecule has 1 spiro atoms. The Morgan fingerprint density at radius 3 is 2.70 bits per heavy atom. The molecule has 3 rings (SSSR count). The fraction of sp³-hybridized carbons (Fsp3) is 0.632. The lowest BCUT2D eigenvalue weighted by molar-refractivity contribution is -0.122. The molecule has 1 aromatic rings. The Morgan fingerprint density at radius 1 is 1.26 bits per heavy atom. The molecule has 1 heterocycles. The normalized spacial score (nSPS) is 20.7. The zero-order chi connectivity index (χ0) is 16.1. The third-order valence-corrected chi connectivity index (χ3v) is 5.17. The first kappa shape index (κ1) is 16.5. The lowest BCUT2D eigenvalue weighted by Gasteiger charge is -2.40. The van der Waals surface area contributed by atoms with Crippen LogP contribution in [0.1, 0.15) is 39.0 Å². The molecular formula is C19H28N2O2. The standard InChI is InChI=1S/C19H28N2O2/c1-2-21(17-8-4-3-5-9-17)18(22)10-13-20-14-15-23-19(16-20)11-6-7-12-19/h3-5,8-9H,2,6-7,10-16H2,1H3. The number of morpholine rings is 1. The van der Waals surface area contributed by atoms with Crippen LogP contribution in [-0.4, -0.2) is 49.2 Å². The highest BCUT2D eigenvalue weighted by Crippen LogP contribution is 2.35. The number of carbonyl (C=O) groups is 1. The second kappa shape index (κ2) is 7.45. The number of benzene rings is 1. The molecule has 0 unspecified atom stereocenters. The maximum atomic E-state index is 12.6. The Balaban J connectivity index is 1.54. The van der Waals surface area contributed by atoms with Gasteiger partial charge >= 0.3 is 0 Å². The van der Waals surface area contributed by atoms with Crippen LogP contribution in [0.4, 0.5) is 5.69 Å². The lowest BCUT2D eigenvalue weighted by atomic mass is 9.99. The van der Waals surface area contributed by atoms with E-state index in [4.69, 9.17) is 4.74 Å². The Hall–Kier alpha value is -1.39. The molecule has 1 aliphatic carbocycles. The van der Waals surface area contributed by atoms with Crippen LogP contribution in [0.25, 0.3) is 0 Å². The number of anilines is 1. The minimum atomic E-state index is 0.0885. The van der Waals surface area contributed by atoms with Crippen molar-refractivity contribution in [2.75, 3.05) is 37.7 Å². The minimum absolute atomic E-state index is 0.0885. The van der Waals surface area contributed by atoms with Crippen LogP contribution in [0.5, 0.6) is 0 Å². The van der Waals surface area contributed by atoms with Crippen molar-refractivity contribution < 1.29 is 9.53 Å². The third-order valence-electron chi connectivity index (χ3n) is 5.17. The molecule has 0 bridgehead atoms. The molecule has 1 aromatic carbocycles. The Morgan fingerprint density at radius 2 is 2.00 bits per heavy atom. The summed E-state index contributed by atoms with van der Waals surface area (Å²) in [5, 5.41) is 0. The number of hydrogen-bond acceptors (Lipinski definition) is 3. The van der Waals surface area contributed by atoms with Gasteiger partial charge in [0, 0.05) is 38.3 Å². The van der Waals surface area contributed by atoms with Gasteiger partial charge < -0.3 is 9.64 Å². The molecule has 126 valence electrons. The van der Waals surface area contributed by atoms with Crippen LogP contribution in [0.2, 0.25) is 0 Å². The molecule has 2 fully saturated rings. The van der Waals surface area contributed by atoms with E-state index in [1.165, 1.54) is 25.7 Å². The predicted molar refractivity (Wildman–Crippen MR) is 92.7 cm³/mol. The van der Waals surface area contributed by atoms with E-state index in [9.17, 15) is 4.79 Å². The summed E-state index contributed by atoms with van der Waals surface area (Å²) >= 11 is 0. The van der Waals surface area contributed by atoms with E-state index in [2.05, 4.69) is 4.90 Å². The van der Waals surface area contributed by atoms with Gasteiger partial charge in [0.05, 0.1) is 12.2 Å². The number of rotatable bonds is 5. The number of amides is 1. The summed E-state index contributed by atoms with van der Waals surface area (Å²) in [6, 6.07) is 9.96. The average Bonchev–Trinajstić information content (AvgIpc) is 3.02. The summed E-state index contributed by atoms with van der Waals surface area (Å²) in [4.78, 5) is 16.9. The van der Waals surface area contributed by atoms with E-state index < -0.39 is 0 Å². The number of hydrogen-bond donors (Lipinski definition) is 0. The van der Waals surface area contributed by atoms with Crippen LogP contribution in [-0.2, 0) is 9.53 Å². The van der Waals surface area contributed by atoms with Gasteiger partial charge in [0.2, 0.25) is 5.91 Å². The Kier molecular flexibility index (Phi) is 5.34. The third kappa shape index (κ3) is 3.93. The number of ether oxygens (including phenoxy) is 1. The lowest BCUT2D eigenvalue weighted by Crippen LogP contribution is -2.51. The zero-order valence-corrected chi connectivity index (χ0v) is 14.2. The molecule has 0 N–H and O–H groups in total. The van der Waals surface area contributed by atoms with E-state index in [0.717, 1.165) is 38.5 Å². The molecule has 0 aromatic heterocycles. The second-order valence-electron chi connectivity index (χ2n) is 6.74. The van der Waals surface area contributed by atoms with E-state index in [-0.39, 0.29) is 11.5 Å². The molecule has 4 heteroatoms. The highest BCUT2D eigenvalue weighted by molar-refractivity contribution is 5.93. The summed E-state index contributed by atoms with van der Waals surface area (Å²) in [5.41, 5.74) is 1.08. The summed E-state index contributed by atoms with van der Waals surface area (Å²) in [6.45, 7) is 6.35. The van der Waals surface area contributed by atoms with E-state index >= 15 is 0 Å². The van der Waals surface area contributed by atoms with Crippen molar-refractivity contribution >= 4 is 11.6 Å². The molecule has 1 aliphatic heterocycles. The first-order chi connectivity index (χ1) is 11.2. The Bertz CT molecular complexity index is 511. The summed E-state index contributed by atoms with van der Waals surface area (Å²) in [7, 11) is 0. The van der Waals surface area contributed by atoms with Crippen molar-refractivity contribution in [2.45, 2.75) is 44.6 Å². The van der Waals surface area contributed by atoms with Gasteiger partial charge in [0.15, 0.2) is 0 Å². The van der Waals surface area contributed by atoms with Gasteiger partial charge in [-0.05, 0) is 31.9 Å². The van der Waals surface area contributed by atoms with Gasteiger partial charge in [0.25, 0.3) is 0 Å². The van der Waals surface area contributed by atoms with Gasteiger partial charge in [-0.15, -0.1) is 0 Å². The van der Waals surface area contributed by atoms with E-state index in [1.54, 1.807) is 0 Å². The summed E-state index contributed by atoms with van der Waals surface area (Å²) in [5.74, 6) is 0.214. The van der Waals surface area contributed by atoms with Gasteiger partial charge in [-0.3, -0.25) is 9.69 Å². The molecule has 0 atom stereocenters. The Labute approximate surface area is 139 Å². The van der Waals surface area contributed by atoms with Crippen molar-refractivity contribution in [2.24, 2.45) is 0 Å². The van der Waals surface area contributed by atoms with Gasteiger partial charge in [0.1, 0.15) is 0 Å². The highest BCUT2D eigenvalue weighted by atomic mass is 16.5. The largest absolute Gasteiger partial charge is 0.372 e. The topological polar surface area (TPSA) is 32.8 Å².